The molecule has 2 aromatic heterocycles. The molecule has 22 heavy (non-hydrogen) atoms. The first-order valence-electron chi connectivity index (χ1n) is 6.77. The van der Waals surface area contributed by atoms with E-state index in [0.29, 0.717) is 17.0 Å². The first-order chi connectivity index (χ1) is 10.7. The van der Waals surface area contributed by atoms with E-state index >= 15 is 0 Å². The van der Waals surface area contributed by atoms with Gasteiger partial charge in [0.1, 0.15) is 0 Å². The molecule has 3 aromatic rings. The van der Waals surface area contributed by atoms with Crippen LogP contribution in [-0.2, 0) is 0 Å². The number of fused-ring (bicyclic) bond motifs is 1. The zero-order valence-electron chi connectivity index (χ0n) is 12.4. The van der Waals surface area contributed by atoms with Crippen molar-refractivity contribution in [3.8, 4) is 11.5 Å². The monoisotopic (exact) mass is 296 g/mol. The van der Waals surface area contributed by atoms with Crippen LogP contribution in [0.15, 0.2) is 42.9 Å². The molecule has 0 spiro atoms. The van der Waals surface area contributed by atoms with Crippen molar-refractivity contribution in [2.75, 3.05) is 14.2 Å². The van der Waals surface area contributed by atoms with Gasteiger partial charge in [0.2, 0.25) is 0 Å². The van der Waals surface area contributed by atoms with Crippen LogP contribution in [0.3, 0.4) is 0 Å². The second-order valence-corrected chi connectivity index (χ2v) is 4.79. The fraction of sp³-hybridized carbons (Fsp3) is 0.188. The molecule has 2 heterocycles. The molecule has 0 saturated carbocycles. The third kappa shape index (κ3) is 2.44. The molecule has 0 aliphatic heterocycles. The van der Waals surface area contributed by atoms with Gasteiger partial charge in [-0.3, -0.25) is 4.98 Å². The summed E-state index contributed by atoms with van der Waals surface area (Å²) in [5, 5.41) is 9.07. The van der Waals surface area contributed by atoms with Gasteiger partial charge >= 0.3 is 0 Å². The molecule has 2 N–H and O–H groups in total. The van der Waals surface area contributed by atoms with Gasteiger partial charge in [0.15, 0.2) is 11.5 Å². The second-order valence-electron chi connectivity index (χ2n) is 4.79. The van der Waals surface area contributed by atoms with E-state index in [9.17, 15) is 0 Å². The number of methoxy groups -OCH3 is 2. The van der Waals surface area contributed by atoms with E-state index in [4.69, 9.17) is 15.2 Å². The van der Waals surface area contributed by atoms with E-state index in [0.717, 1.165) is 16.5 Å². The van der Waals surface area contributed by atoms with Gasteiger partial charge in [-0.15, -0.1) is 0 Å². The van der Waals surface area contributed by atoms with Crippen LogP contribution in [0.5, 0.6) is 11.5 Å². The van der Waals surface area contributed by atoms with Crippen molar-refractivity contribution in [1.29, 1.82) is 0 Å². The average Bonchev–Trinajstić information content (AvgIpc) is 2.60. The maximum Gasteiger partial charge on any atom is 0.162 e. The minimum atomic E-state index is -0.343. The first kappa shape index (κ1) is 14.2. The molecule has 0 radical (unpaired) electrons. The number of pyridine rings is 1. The van der Waals surface area contributed by atoms with E-state index in [-0.39, 0.29) is 6.04 Å². The van der Waals surface area contributed by atoms with Gasteiger partial charge in [-0.2, -0.15) is 10.2 Å². The number of nitrogens with zero attached hydrogens (tertiary/aromatic N) is 3. The SMILES string of the molecule is COc1cc2nncc(C(N)c3cccnc3)c2cc1OC. The smallest absolute Gasteiger partial charge is 0.162 e. The van der Waals surface area contributed by atoms with E-state index in [2.05, 4.69) is 15.2 Å². The van der Waals surface area contributed by atoms with Crippen molar-refractivity contribution in [3.05, 3.63) is 54.0 Å². The number of hydrogen-bond acceptors (Lipinski definition) is 6. The average molecular weight is 296 g/mol. The Labute approximate surface area is 127 Å². The van der Waals surface area contributed by atoms with Crippen molar-refractivity contribution in [2.45, 2.75) is 6.04 Å². The molecule has 6 nitrogen and oxygen atoms in total. The summed E-state index contributed by atoms with van der Waals surface area (Å²) in [4.78, 5) is 4.11. The Morgan fingerprint density at radius 2 is 1.86 bits per heavy atom. The van der Waals surface area contributed by atoms with Crippen LogP contribution in [0.4, 0.5) is 0 Å². The summed E-state index contributed by atoms with van der Waals surface area (Å²) in [6.45, 7) is 0. The quantitative estimate of drug-likeness (QED) is 0.793. The van der Waals surface area contributed by atoms with Gasteiger partial charge in [-0.05, 0) is 17.7 Å². The van der Waals surface area contributed by atoms with Gasteiger partial charge in [0, 0.05) is 29.4 Å². The summed E-state index contributed by atoms with van der Waals surface area (Å²) in [6.07, 6.45) is 5.14. The van der Waals surface area contributed by atoms with Crippen LogP contribution in [0.1, 0.15) is 17.2 Å². The Balaban J connectivity index is 2.18. The summed E-state index contributed by atoms with van der Waals surface area (Å²) < 4.78 is 10.7. The standard InChI is InChI=1S/C16H16N4O2/c1-21-14-6-11-12(16(17)10-4-3-5-18-8-10)9-19-20-13(11)7-15(14)22-2/h3-9,16H,17H2,1-2H3. The fourth-order valence-corrected chi connectivity index (χ4v) is 2.39. The lowest BCUT2D eigenvalue weighted by Gasteiger charge is -2.15. The van der Waals surface area contributed by atoms with Crippen LogP contribution >= 0.6 is 0 Å². The van der Waals surface area contributed by atoms with Crippen LogP contribution in [0.2, 0.25) is 0 Å². The summed E-state index contributed by atoms with van der Waals surface area (Å²) in [7, 11) is 3.18. The lowest BCUT2D eigenvalue weighted by molar-refractivity contribution is 0.355. The van der Waals surface area contributed by atoms with Crippen LogP contribution in [0.25, 0.3) is 10.9 Å². The maximum atomic E-state index is 6.36. The molecule has 6 heteroatoms. The Bertz CT molecular complexity index is 793. The summed E-state index contributed by atoms with van der Waals surface area (Å²) in [5.41, 5.74) is 8.84. The number of aromatic nitrogens is 3. The van der Waals surface area contributed by atoms with Gasteiger partial charge in [0.05, 0.1) is 32.0 Å². The number of nitrogens with two attached hydrogens (primary N) is 1. The molecule has 1 aromatic carbocycles. The predicted octanol–water partition coefficient (Wildman–Crippen LogP) is 2.09. The Morgan fingerprint density at radius 1 is 1.09 bits per heavy atom. The second kappa shape index (κ2) is 5.95. The third-order valence-corrected chi connectivity index (χ3v) is 3.55. The number of rotatable bonds is 4. The third-order valence-electron chi connectivity index (χ3n) is 3.55. The number of ether oxygens (including phenoxy) is 2. The molecule has 0 aliphatic rings. The topological polar surface area (TPSA) is 83.2 Å². The minimum Gasteiger partial charge on any atom is -0.493 e. The van der Waals surface area contributed by atoms with Crippen LogP contribution in [-0.4, -0.2) is 29.4 Å². The zero-order chi connectivity index (χ0) is 15.5. The summed E-state index contributed by atoms with van der Waals surface area (Å²) in [6, 6.07) is 7.11. The molecule has 3 rings (SSSR count). The molecule has 0 amide bonds. The minimum absolute atomic E-state index is 0.343. The van der Waals surface area contributed by atoms with Gasteiger partial charge in [-0.25, -0.2) is 0 Å². The molecule has 112 valence electrons. The van der Waals surface area contributed by atoms with Crippen molar-refractivity contribution in [2.24, 2.45) is 5.73 Å². The van der Waals surface area contributed by atoms with Crippen LogP contribution < -0.4 is 15.2 Å². The van der Waals surface area contributed by atoms with E-state index < -0.39 is 0 Å². The highest BCUT2D eigenvalue weighted by Crippen LogP contribution is 2.34. The maximum absolute atomic E-state index is 6.36. The lowest BCUT2D eigenvalue weighted by atomic mass is 9.98. The predicted molar refractivity (Wildman–Crippen MR) is 82.9 cm³/mol. The van der Waals surface area contributed by atoms with Gasteiger partial charge in [-0.1, -0.05) is 6.07 Å². The summed E-state index contributed by atoms with van der Waals surface area (Å²) in [5.74, 6) is 1.24. The fourth-order valence-electron chi connectivity index (χ4n) is 2.39. The van der Waals surface area contributed by atoms with Crippen molar-refractivity contribution in [3.63, 3.8) is 0 Å². The molecular weight excluding hydrogens is 280 g/mol. The zero-order valence-corrected chi connectivity index (χ0v) is 12.4. The lowest BCUT2D eigenvalue weighted by Crippen LogP contribution is -2.13. The Morgan fingerprint density at radius 3 is 2.55 bits per heavy atom. The molecule has 1 unspecified atom stereocenters. The molecule has 0 saturated heterocycles. The highest BCUT2D eigenvalue weighted by atomic mass is 16.5. The molecule has 0 aliphatic carbocycles. The molecular formula is C16H16N4O2. The Hall–Kier alpha value is -2.73. The van der Waals surface area contributed by atoms with Crippen molar-refractivity contribution in [1.82, 2.24) is 15.2 Å². The normalized spacial score (nSPS) is 12.1. The summed E-state index contributed by atoms with van der Waals surface area (Å²) >= 11 is 0. The van der Waals surface area contributed by atoms with E-state index in [1.807, 2.05) is 18.2 Å². The molecule has 0 fully saturated rings. The molecule has 1 atom stereocenters. The number of hydrogen-bond donors (Lipinski definition) is 1. The van der Waals surface area contributed by atoms with E-state index in [1.165, 1.54) is 0 Å². The van der Waals surface area contributed by atoms with Crippen LogP contribution in [0, 0.1) is 0 Å². The van der Waals surface area contributed by atoms with Gasteiger partial charge in [0.25, 0.3) is 0 Å². The highest BCUT2D eigenvalue weighted by molar-refractivity contribution is 5.85. The van der Waals surface area contributed by atoms with Crippen molar-refractivity contribution >= 4 is 10.9 Å². The van der Waals surface area contributed by atoms with Gasteiger partial charge < -0.3 is 15.2 Å². The first-order valence-corrected chi connectivity index (χ1v) is 6.77. The van der Waals surface area contributed by atoms with E-state index in [1.54, 1.807) is 38.9 Å². The molecule has 0 bridgehead atoms. The largest absolute Gasteiger partial charge is 0.493 e. The van der Waals surface area contributed by atoms with Crippen molar-refractivity contribution < 1.29 is 9.47 Å². The Kier molecular flexibility index (Phi) is 3.84. The highest BCUT2D eigenvalue weighted by Gasteiger charge is 2.16. The number of benzene rings is 1.